The van der Waals surface area contributed by atoms with Crippen LogP contribution >= 0.6 is 0 Å². The highest BCUT2D eigenvalue weighted by Gasteiger charge is 2.89. The first-order valence-electron chi connectivity index (χ1n) is 27.1. The molecule has 8 aliphatic carbocycles. The maximum absolute atomic E-state index is 2.57. The van der Waals surface area contributed by atoms with Crippen molar-refractivity contribution in [3.8, 4) is 0 Å². The molecule has 0 aromatic rings. The van der Waals surface area contributed by atoms with Gasteiger partial charge in [-0.05, 0) is 202 Å². The zero-order valence-electron chi connectivity index (χ0n) is 43.3. The van der Waals surface area contributed by atoms with E-state index in [1.807, 2.05) is 0 Å². The first-order chi connectivity index (χ1) is 27.1. The second kappa shape index (κ2) is 17.9. The molecule has 338 valence electrons. The Hall–Kier alpha value is 0. The van der Waals surface area contributed by atoms with Gasteiger partial charge in [-0.1, -0.05) is 165 Å². The first-order valence-corrected chi connectivity index (χ1v) is 27.1. The Balaban J connectivity index is 0.000000147. The van der Waals surface area contributed by atoms with Crippen molar-refractivity contribution in [2.45, 2.75) is 178 Å². The van der Waals surface area contributed by atoms with Crippen molar-refractivity contribution >= 4 is 0 Å². The van der Waals surface area contributed by atoms with Crippen molar-refractivity contribution in [3.05, 3.63) is 0 Å². The van der Waals surface area contributed by atoms with Crippen molar-refractivity contribution in [2.75, 3.05) is 0 Å². The number of hydrogen-bond acceptors (Lipinski definition) is 0. The van der Waals surface area contributed by atoms with Gasteiger partial charge in [0.25, 0.3) is 0 Å². The second-order valence-corrected chi connectivity index (χ2v) is 26.1. The summed E-state index contributed by atoms with van der Waals surface area (Å²) in [7, 11) is 0. The van der Waals surface area contributed by atoms with Crippen LogP contribution in [0.5, 0.6) is 0 Å². The summed E-state index contributed by atoms with van der Waals surface area (Å²) < 4.78 is 0. The quantitative estimate of drug-likeness (QED) is 0.136. The molecule has 0 bridgehead atoms. The molecule has 0 amide bonds. The number of hydrogen-bond donors (Lipinski definition) is 0. The molecular weight excluding hydrogens is 697 g/mol. The molecule has 0 aromatic carbocycles. The molecule has 0 aromatic heterocycles. The molecule has 8 fully saturated rings. The summed E-state index contributed by atoms with van der Waals surface area (Å²) >= 11 is 0. The highest BCUT2D eigenvalue weighted by Crippen LogP contribution is 2.93. The van der Waals surface area contributed by atoms with Crippen LogP contribution in [0.25, 0.3) is 0 Å². The van der Waals surface area contributed by atoms with Gasteiger partial charge in [-0.25, -0.2) is 0 Å². The third-order valence-corrected chi connectivity index (χ3v) is 25.0. The third kappa shape index (κ3) is 7.24. The van der Waals surface area contributed by atoms with Crippen LogP contribution in [0.1, 0.15) is 178 Å². The van der Waals surface area contributed by atoms with Crippen LogP contribution < -0.4 is 0 Å². The predicted octanol–water partition coefficient (Wildman–Crippen LogP) is 16.8. The molecule has 30 atom stereocenters. The van der Waals surface area contributed by atoms with Gasteiger partial charge < -0.3 is 0 Å². The molecule has 0 nitrogen and oxygen atoms in total. The van der Waals surface area contributed by atoms with Crippen molar-refractivity contribution in [1.29, 1.82) is 0 Å². The molecule has 0 heterocycles. The fourth-order valence-corrected chi connectivity index (χ4v) is 17.7. The summed E-state index contributed by atoms with van der Waals surface area (Å²) in [6.45, 7) is 53.7. The van der Waals surface area contributed by atoms with Gasteiger partial charge in [0, 0.05) is 0 Å². The van der Waals surface area contributed by atoms with Crippen LogP contribution in [0.3, 0.4) is 0 Å². The summed E-state index contributed by atoms with van der Waals surface area (Å²) in [4.78, 5) is 0. The molecular formula is C58H106. The minimum Gasteiger partial charge on any atom is -0.0651 e. The molecule has 0 saturated heterocycles. The van der Waals surface area contributed by atoms with Gasteiger partial charge in [0.15, 0.2) is 0 Å². The van der Waals surface area contributed by atoms with Crippen LogP contribution in [0, 0.1) is 189 Å². The van der Waals surface area contributed by atoms with Crippen LogP contribution in [0.2, 0.25) is 0 Å². The van der Waals surface area contributed by atoms with E-state index in [4.69, 9.17) is 0 Å². The fourth-order valence-electron chi connectivity index (χ4n) is 17.7. The van der Waals surface area contributed by atoms with Gasteiger partial charge in [-0.2, -0.15) is 0 Å². The van der Waals surface area contributed by atoms with E-state index in [-0.39, 0.29) is 0 Å². The summed E-state index contributed by atoms with van der Waals surface area (Å²) in [5.41, 5.74) is 0. The van der Waals surface area contributed by atoms with Gasteiger partial charge in [0.1, 0.15) is 0 Å². The van der Waals surface area contributed by atoms with Crippen LogP contribution in [-0.2, 0) is 0 Å². The maximum Gasteiger partial charge on any atom is -0.0312 e. The van der Waals surface area contributed by atoms with E-state index in [2.05, 4.69) is 152 Å². The van der Waals surface area contributed by atoms with E-state index < -0.39 is 0 Å². The van der Waals surface area contributed by atoms with E-state index in [0.717, 1.165) is 107 Å². The molecule has 8 aliphatic rings. The smallest absolute Gasteiger partial charge is 0.0312 e. The highest BCUT2D eigenvalue weighted by atomic mass is 14.9. The SMILES string of the molecule is CC1C(C)C2C1C1C2C2C1C1C3C4C5CCC5C4C3C21.CCC(C)C(C)C(C)C(C)C(C)C(C)C(C)C(C)C.CCC(C)C(C)C(C)C(C)C(C)C(C)C(C)C(C)C. The van der Waals surface area contributed by atoms with E-state index in [1.54, 1.807) is 12.8 Å². The Morgan fingerprint density at radius 3 is 0.707 bits per heavy atom. The highest BCUT2D eigenvalue weighted by molar-refractivity contribution is 5.36. The lowest BCUT2D eigenvalue weighted by atomic mass is 9.10. The van der Waals surface area contributed by atoms with Crippen molar-refractivity contribution < 1.29 is 0 Å². The van der Waals surface area contributed by atoms with Crippen molar-refractivity contribution in [3.63, 3.8) is 0 Å². The Labute approximate surface area is 366 Å². The molecule has 0 radical (unpaired) electrons. The number of rotatable bonds is 16. The fraction of sp³-hybridized carbons (Fsp3) is 1.00. The Morgan fingerprint density at radius 2 is 0.483 bits per heavy atom. The normalized spacial score (nSPS) is 46.1. The Kier molecular flexibility index (Phi) is 14.6. The molecule has 30 unspecified atom stereocenters. The van der Waals surface area contributed by atoms with Gasteiger partial charge in [-0.3, -0.25) is 0 Å². The van der Waals surface area contributed by atoms with E-state index in [0.29, 0.717) is 0 Å². The van der Waals surface area contributed by atoms with Crippen molar-refractivity contribution in [2.24, 2.45) is 189 Å². The van der Waals surface area contributed by atoms with Gasteiger partial charge in [-0.15, -0.1) is 0 Å². The maximum atomic E-state index is 2.57. The molecule has 0 N–H and O–H groups in total. The second-order valence-electron chi connectivity index (χ2n) is 26.1. The monoisotopic (exact) mass is 803 g/mol. The summed E-state index contributed by atoms with van der Waals surface area (Å²) in [6, 6.07) is 0. The largest absolute Gasteiger partial charge is 0.0651 e. The Bertz CT molecular complexity index is 1180. The molecule has 0 heteroatoms. The summed E-state index contributed by atoms with van der Waals surface area (Å²) in [6.07, 6.45) is 5.88. The zero-order chi connectivity index (χ0) is 43.3. The first kappa shape index (κ1) is 47.5. The molecule has 0 aliphatic heterocycles. The lowest BCUT2D eigenvalue weighted by Gasteiger charge is -2.94. The average Bonchev–Trinajstić information content (AvgIpc) is 3.19. The topological polar surface area (TPSA) is 0 Å². The van der Waals surface area contributed by atoms with E-state index >= 15 is 0 Å². The van der Waals surface area contributed by atoms with E-state index in [1.165, 1.54) is 95.7 Å². The summed E-state index contributed by atoms with van der Waals surface area (Å²) in [5, 5.41) is 0. The lowest BCUT2D eigenvalue weighted by molar-refractivity contribution is -0.475. The predicted molar refractivity (Wildman–Crippen MR) is 255 cm³/mol. The van der Waals surface area contributed by atoms with Gasteiger partial charge in [0.2, 0.25) is 0 Å². The Morgan fingerprint density at radius 1 is 0.276 bits per heavy atom. The van der Waals surface area contributed by atoms with E-state index in [9.17, 15) is 0 Å². The lowest BCUT2D eigenvalue weighted by Crippen LogP contribution is -2.91. The minimum absolute atomic E-state index is 0.798. The van der Waals surface area contributed by atoms with Gasteiger partial charge >= 0.3 is 0 Å². The standard InChI is InChI=1S/C20H26.2C19H40/c1-5-6(2)10-9(5)13-14(10)18-17(13)19-15-11-7-3-4-8(7)12(11)16(15)20(18)19;2*1-11-13(4)15(6)17(8)19(10)18(9)16(7)14(5)12(2)3/h5-20H,3-4H2,1-2H3;2*12-19H,11H2,1-10H3. The van der Waals surface area contributed by atoms with Gasteiger partial charge in [0.05, 0.1) is 0 Å². The molecule has 8 rings (SSSR count). The third-order valence-electron chi connectivity index (χ3n) is 25.0. The zero-order valence-corrected chi connectivity index (χ0v) is 43.3. The number of fused-ring (bicyclic) bond motifs is 19. The average molecular weight is 803 g/mol. The molecule has 0 spiro atoms. The van der Waals surface area contributed by atoms with Crippen LogP contribution in [-0.4, -0.2) is 0 Å². The summed E-state index contributed by atoms with van der Waals surface area (Å²) in [5.74, 6) is 33.1. The minimum atomic E-state index is 0.798. The van der Waals surface area contributed by atoms with Crippen molar-refractivity contribution in [1.82, 2.24) is 0 Å². The van der Waals surface area contributed by atoms with Crippen LogP contribution in [0.4, 0.5) is 0 Å². The van der Waals surface area contributed by atoms with Crippen LogP contribution in [0.15, 0.2) is 0 Å². The molecule has 8 saturated carbocycles. The molecule has 58 heavy (non-hydrogen) atoms.